The van der Waals surface area contributed by atoms with Gasteiger partial charge in [0.2, 0.25) is 0 Å². The molecule has 1 aliphatic carbocycles. The Morgan fingerprint density at radius 2 is 2.00 bits per heavy atom. The Morgan fingerprint density at radius 1 is 1.27 bits per heavy atom. The number of fused-ring (bicyclic) bond motifs is 1. The van der Waals surface area contributed by atoms with Crippen molar-refractivity contribution >= 4 is 16.7 Å². The Bertz CT molecular complexity index is 707. The van der Waals surface area contributed by atoms with E-state index in [1.54, 1.807) is 7.11 Å². The molecule has 2 unspecified atom stereocenters. The Labute approximate surface area is 130 Å². The van der Waals surface area contributed by atoms with E-state index >= 15 is 0 Å². The predicted molar refractivity (Wildman–Crippen MR) is 87.5 cm³/mol. The molecule has 0 radical (unpaired) electrons. The summed E-state index contributed by atoms with van der Waals surface area (Å²) in [5, 5.41) is 11.6. The van der Waals surface area contributed by atoms with Gasteiger partial charge in [0.25, 0.3) is 0 Å². The third kappa shape index (κ3) is 2.68. The number of aliphatic carboxylic acids is 1. The van der Waals surface area contributed by atoms with Gasteiger partial charge >= 0.3 is 5.97 Å². The molecule has 0 aromatic heterocycles. The molecule has 116 valence electrons. The van der Waals surface area contributed by atoms with Crippen molar-refractivity contribution in [2.75, 3.05) is 7.11 Å². The maximum atomic E-state index is 11.2. The van der Waals surface area contributed by atoms with Gasteiger partial charge in [0.05, 0.1) is 13.5 Å². The lowest BCUT2D eigenvalue weighted by molar-refractivity contribution is -0.139. The average Bonchev–Trinajstić information content (AvgIpc) is 2.86. The van der Waals surface area contributed by atoms with Crippen LogP contribution in [-0.2, 0) is 4.79 Å². The summed E-state index contributed by atoms with van der Waals surface area (Å²) in [6, 6.07) is 12.6. The van der Waals surface area contributed by atoms with Crippen LogP contribution in [0.2, 0.25) is 0 Å². The molecule has 1 N–H and O–H groups in total. The number of hydrogen-bond acceptors (Lipinski definition) is 2. The molecule has 0 aliphatic heterocycles. The normalized spacial score (nSPS) is 24.5. The van der Waals surface area contributed by atoms with Crippen LogP contribution in [0.4, 0.5) is 0 Å². The number of hydrogen-bond donors (Lipinski definition) is 1. The first-order chi connectivity index (χ1) is 10.5. The molecule has 2 aromatic carbocycles. The molecule has 0 spiro atoms. The Hall–Kier alpha value is -2.03. The Morgan fingerprint density at radius 3 is 2.73 bits per heavy atom. The average molecular weight is 298 g/mol. The quantitative estimate of drug-likeness (QED) is 0.897. The van der Waals surface area contributed by atoms with Gasteiger partial charge in [-0.1, -0.05) is 37.6 Å². The lowest BCUT2D eigenvalue weighted by Crippen LogP contribution is -2.23. The fourth-order valence-electron chi connectivity index (χ4n) is 3.94. The second-order valence-electron chi connectivity index (χ2n) is 6.64. The summed E-state index contributed by atoms with van der Waals surface area (Å²) in [7, 11) is 1.67. The van der Waals surface area contributed by atoms with E-state index in [9.17, 15) is 9.90 Å². The second kappa shape index (κ2) is 5.64. The molecule has 1 fully saturated rings. The minimum Gasteiger partial charge on any atom is -0.497 e. The summed E-state index contributed by atoms with van der Waals surface area (Å²) in [5.41, 5.74) is 1.13. The molecule has 0 bridgehead atoms. The molecule has 0 amide bonds. The summed E-state index contributed by atoms with van der Waals surface area (Å²) < 4.78 is 5.26. The van der Waals surface area contributed by atoms with Crippen LogP contribution < -0.4 is 4.74 Å². The zero-order valence-electron chi connectivity index (χ0n) is 13.1. The predicted octanol–water partition coefficient (Wildman–Crippen LogP) is 4.60. The van der Waals surface area contributed by atoms with Gasteiger partial charge in [-0.25, -0.2) is 0 Å². The number of benzene rings is 2. The molecular formula is C19H22O3. The zero-order chi connectivity index (χ0) is 15.7. The second-order valence-corrected chi connectivity index (χ2v) is 6.64. The third-order valence-corrected chi connectivity index (χ3v) is 5.11. The van der Waals surface area contributed by atoms with Crippen molar-refractivity contribution in [3.05, 3.63) is 42.0 Å². The lowest BCUT2D eigenvalue weighted by Gasteiger charge is -2.30. The first kappa shape index (κ1) is 14.9. The van der Waals surface area contributed by atoms with E-state index < -0.39 is 5.97 Å². The summed E-state index contributed by atoms with van der Waals surface area (Å²) >= 11 is 0. The van der Waals surface area contributed by atoms with E-state index in [1.807, 2.05) is 12.1 Å². The lowest BCUT2D eigenvalue weighted by atomic mass is 9.73. The summed E-state index contributed by atoms with van der Waals surface area (Å²) in [5.74, 6) is 0.492. The van der Waals surface area contributed by atoms with Crippen molar-refractivity contribution in [3.63, 3.8) is 0 Å². The molecule has 0 heterocycles. The highest BCUT2D eigenvalue weighted by Gasteiger charge is 2.41. The van der Waals surface area contributed by atoms with Crippen LogP contribution in [0.5, 0.6) is 5.75 Å². The number of carboxylic acids is 1. The van der Waals surface area contributed by atoms with Gasteiger partial charge in [-0.15, -0.1) is 0 Å². The molecule has 1 aliphatic rings. The van der Waals surface area contributed by atoms with Crippen LogP contribution in [-0.4, -0.2) is 18.2 Å². The molecule has 3 heteroatoms. The van der Waals surface area contributed by atoms with Gasteiger partial charge in [-0.05, 0) is 52.6 Å². The number of carboxylic acid groups (broad SMARTS) is 1. The summed E-state index contributed by atoms with van der Waals surface area (Å²) in [4.78, 5) is 11.2. The molecule has 3 rings (SSSR count). The zero-order valence-corrected chi connectivity index (χ0v) is 13.1. The SMILES string of the molecule is COc1ccc2cc(C3CCCC3(C)CC(=O)O)ccc2c1. The number of methoxy groups -OCH3 is 1. The van der Waals surface area contributed by atoms with Crippen LogP contribution >= 0.6 is 0 Å². The molecule has 2 aromatic rings. The highest BCUT2D eigenvalue weighted by Crippen LogP contribution is 2.51. The molecular weight excluding hydrogens is 276 g/mol. The van der Waals surface area contributed by atoms with Gasteiger partial charge in [-0.2, -0.15) is 0 Å². The molecule has 1 saturated carbocycles. The minimum atomic E-state index is -0.695. The van der Waals surface area contributed by atoms with Gasteiger partial charge in [0, 0.05) is 0 Å². The van der Waals surface area contributed by atoms with Crippen LogP contribution in [0, 0.1) is 5.41 Å². The van der Waals surface area contributed by atoms with E-state index in [0.717, 1.165) is 30.4 Å². The van der Waals surface area contributed by atoms with E-state index in [0.29, 0.717) is 5.92 Å². The Kier molecular flexibility index (Phi) is 3.81. The largest absolute Gasteiger partial charge is 0.497 e. The van der Waals surface area contributed by atoms with Crippen LogP contribution in [0.1, 0.15) is 44.1 Å². The Balaban J connectivity index is 1.97. The van der Waals surface area contributed by atoms with Gasteiger partial charge in [0.1, 0.15) is 5.75 Å². The molecule has 0 saturated heterocycles. The number of rotatable bonds is 4. The highest BCUT2D eigenvalue weighted by atomic mass is 16.5. The maximum Gasteiger partial charge on any atom is 0.303 e. The molecule has 22 heavy (non-hydrogen) atoms. The van der Waals surface area contributed by atoms with E-state index in [4.69, 9.17) is 4.74 Å². The topological polar surface area (TPSA) is 46.5 Å². The van der Waals surface area contributed by atoms with Crippen molar-refractivity contribution in [1.29, 1.82) is 0 Å². The van der Waals surface area contributed by atoms with E-state index in [-0.39, 0.29) is 11.8 Å². The van der Waals surface area contributed by atoms with Crippen molar-refractivity contribution in [2.24, 2.45) is 5.41 Å². The van der Waals surface area contributed by atoms with Crippen molar-refractivity contribution < 1.29 is 14.6 Å². The van der Waals surface area contributed by atoms with Crippen molar-refractivity contribution in [1.82, 2.24) is 0 Å². The van der Waals surface area contributed by atoms with E-state index in [2.05, 4.69) is 31.2 Å². The van der Waals surface area contributed by atoms with Crippen LogP contribution in [0.25, 0.3) is 10.8 Å². The maximum absolute atomic E-state index is 11.2. The fraction of sp³-hybridized carbons (Fsp3) is 0.421. The summed E-state index contributed by atoms with van der Waals surface area (Å²) in [6.07, 6.45) is 3.42. The minimum absolute atomic E-state index is 0.133. The highest BCUT2D eigenvalue weighted by molar-refractivity contribution is 5.84. The van der Waals surface area contributed by atoms with E-state index in [1.165, 1.54) is 10.9 Å². The summed E-state index contributed by atoms with van der Waals surface area (Å²) in [6.45, 7) is 2.12. The van der Waals surface area contributed by atoms with Crippen LogP contribution in [0.3, 0.4) is 0 Å². The molecule has 3 nitrogen and oxygen atoms in total. The fourth-order valence-corrected chi connectivity index (χ4v) is 3.94. The smallest absolute Gasteiger partial charge is 0.303 e. The first-order valence-corrected chi connectivity index (χ1v) is 7.81. The van der Waals surface area contributed by atoms with Crippen molar-refractivity contribution in [2.45, 2.75) is 38.5 Å². The van der Waals surface area contributed by atoms with Crippen molar-refractivity contribution in [3.8, 4) is 5.75 Å². The van der Waals surface area contributed by atoms with Gasteiger partial charge in [0.15, 0.2) is 0 Å². The molecule has 2 atom stereocenters. The third-order valence-electron chi connectivity index (χ3n) is 5.11. The monoisotopic (exact) mass is 298 g/mol. The van der Waals surface area contributed by atoms with Crippen LogP contribution in [0.15, 0.2) is 36.4 Å². The first-order valence-electron chi connectivity index (χ1n) is 7.81. The standard InChI is InChI=1S/C19H22O3/c1-19(12-18(20)21)9-3-4-17(19)15-6-5-14-11-16(22-2)8-7-13(14)10-15/h5-8,10-11,17H,3-4,9,12H2,1-2H3,(H,20,21). The van der Waals surface area contributed by atoms with Gasteiger partial charge in [-0.3, -0.25) is 4.79 Å². The number of carbonyl (C=O) groups is 1. The number of ether oxygens (including phenoxy) is 1. The van der Waals surface area contributed by atoms with Gasteiger partial charge < -0.3 is 9.84 Å².